The van der Waals surface area contributed by atoms with E-state index in [4.69, 9.17) is 14.5 Å². The van der Waals surface area contributed by atoms with Gasteiger partial charge in [0.2, 0.25) is 5.91 Å². The lowest BCUT2D eigenvalue weighted by Crippen LogP contribution is -2.33. The maximum Gasteiger partial charge on any atom is 0.223 e. The van der Waals surface area contributed by atoms with Crippen LogP contribution in [0.15, 0.2) is 48.5 Å². The standard InChI is InChI=1S/C26H35N3O3/c1-5-20(6-2)26(30)27-19(3)25-28-21-13-7-8-14-22(21)29(25)17-11-12-18-32-24-16-10-9-15-23(24)31-4/h7-10,13-16,19-20H,5-6,11-12,17-18H2,1-4H3,(H,27,30). The lowest BCUT2D eigenvalue weighted by atomic mass is 10.0. The second-order valence-corrected chi connectivity index (χ2v) is 8.06. The molecular weight excluding hydrogens is 402 g/mol. The van der Waals surface area contributed by atoms with E-state index in [1.54, 1.807) is 7.11 Å². The SMILES string of the molecule is CCC(CC)C(=O)NC(C)c1nc2ccccc2n1CCCCOc1ccccc1OC. The van der Waals surface area contributed by atoms with Crippen molar-refractivity contribution < 1.29 is 14.3 Å². The maximum atomic E-state index is 12.6. The number of methoxy groups -OCH3 is 1. The fourth-order valence-corrected chi connectivity index (χ4v) is 4.01. The van der Waals surface area contributed by atoms with E-state index >= 15 is 0 Å². The number of para-hydroxylation sites is 4. The minimum atomic E-state index is -0.152. The summed E-state index contributed by atoms with van der Waals surface area (Å²) in [5, 5.41) is 3.17. The first kappa shape index (κ1) is 23.6. The second kappa shape index (κ2) is 11.6. The van der Waals surface area contributed by atoms with Gasteiger partial charge in [0.15, 0.2) is 11.5 Å². The highest BCUT2D eigenvalue weighted by Gasteiger charge is 2.21. The number of benzene rings is 2. The monoisotopic (exact) mass is 437 g/mol. The molecule has 0 bridgehead atoms. The Morgan fingerprint density at radius 2 is 1.72 bits per heavy atom. The van der Waals surface area contributed by atoms with Crippen molar-refractivity contribution in [2.45, 2.75) is 59.0 Å². The number of imidazole rings is 1. The average molecular weight is 438 g/mol. The topological polar surface area (TPSA) is 65.4 Å². The summed E-state index contributed by atoms with van der Waals surface area (Å²) in [6.45, 7) is 7.56. The second-order valence-electron chi connectivity index (χ2n) is 8.06. The average Bonchev–Trinajstić information content (AvgIpc) is 3.18. The Hall–Kier alpha value is -3.02. The zero-order valence-electron chi connectivity index (χ0n) is 19.6. The van der Waals surface area contributed by atoms with Crippen molar-refractivity contribution in [1.82, 2.24) is 14.9 Å². The number of carbonyl (C=O) groups excluding carboxylic acids is 1. The van der Waals surface area contributed by atoms with Gasteiger partial charge in [-0.25, -0.2) is 4.98 Å². The zero-order chi connectivity index (χ0) is 22.9. The van der Waals surface area contributed by atoms with Crippen LogP contribution in [0.5, 0.6) is 11.5 Å². The molecule has 1 heterocycles. The Morgan fingerprint density at radius 3 is 2.44 bits per heavy atom. The first-order valence-corrected chi connectivity index (χ1v) is 11.6. The van der Waals surface area contributed by atoms with Gasteiger partial charge in [0, 0.05) is 12.5 Å². The minimum Gasteiger partial charge on any atom is -0.493 e. The number of aryl methyl sites for hydroxylation is 1. The largest absolute Gasteiger partial charge is 0.493 e. The number of fused-ring (bicyclic) bond motifs is 1. The van der Waals surface area contributed by atoms with E-state index in [1.807, 2.05) is 49.4 Å². The molecule has 0 saturated carbocycles. The molecule has 1 atom stereocenters. The Kier molecular flexibility index (Phi) is 8.54. The van der Waals surface area contributed by atoms with Crippen molar-refractivity contribution >= 4 is 16.9 Å². The highest BCUT2D eigenvalue weighted by atomic mass is 16.5. The maximum absolute atomic E-state index is 12.6. The molecule has 0 spiro atoms. The summed E-state index contributed by atoms with van der Waals surface area (Å²) in [7, 11) is 1.65. The third kappa shape index (κ3) is 5.61. The number of hydrogen-bond donors (Lipinski definition) is 1. The molecule has 0 aliphatic rings. The van der Waals surface area contributed by atoms with E-state index in [2.05, 4.69) is 29.8 Å². The van der Waals surface area contributed by atoms with Crippen LogP contribution < -0.4 is 14.8 Å². The summed E-state index contributed by atoms with van der Waals surface area (Å²) < 4.78 is 13.5. The number of nitrogens with one attached hydrogen (secondary N) is 1. The van der Waals surface area contributed by atoms with Gasteiger partial charge in [-0.3, -0.25) is 4.79 Å². The van der Waals surface area contributed by atoms with Gasteiger partial charge in [-0.2, -0.15) is 0 Å². The molecule has 3 rings (SSSR count). The molecule has 3 aromatic rings. The van der Waals surface area contributed by atoms with E-state index in [9.17, 15) is 4.79 Å². The summed E-state index contributed by atoms with van der Waals surface area (Å²) in [5.41, 5.74) is 2.05. The molecule has 0 fully saturated rings. The van der Waals surface area contributed by atoms with E-state index in [0.717, 1.165) is 60.6 Å². The van der Waals surface area contributed by atoms with Crippen molar-refractivity contribution in [3.05, 3.63) is 54.4 Å². The van der Waals surface area contributed by atoms with Crippen LogP contribution >= 0.6 is 0 Å². The fourth-order valence-electron chi connectivity index (χ4n) is 4.01. The number of carbonyl (C=O) groups is 1. The number of rotatable bonds is 12. The Morgan fingerprint density at radius 1 is 1.03 bits per heavy atom. The summed E-state index contributed by atoms with van der Waals surface area (Å²) >= 11 is 0. The normalized spacial score (nSPS) is 12.2. The van der Waals surface area contributed by atoms with E-state index in [0.29, 0.717) is 6.61 Å². The highest BCUT2D eigenvalue weighted by molar-refractivity contribution is 5.79. The molecule has 2 aromatic carbocycles. The number of hydrogen-bond acceptors (Lipinski definition) is 4. The Balaban J connectivity index is 1.65. The number of nitrogens with zero attached hydrogens (tertiary/aromatic N) is 2. The first-order chi connectivity index (χ1) is 15.6. The van der Waals surface area contributed by atoms with E-state index in [1.165, 1.54) is 0 Å². The third-order valence-electron chi connectivity index (χ3n) is 5.89. The predicted octanol–water partition coefficient (Wildman–Crippen LogP) is 5.52. The first-order valence-electron chi connectivity index (χ1n) is 11.6. The van der Waals surface area contributed by atoms with Gasteiger partial charge >= 0.3 is 0 Å². The molecule has 32 heavy (non-hydrogen) atoms. The molecule has 6 heteroatoms. The van der Waals surface area contributed by atoms with Crippen LogP contribution in [0.2, 0.25) is 0 Å². The molecular formula is C26H35N3O3. The molecule has 0 aliphatic carbocycles. The molecule has 0 radical (unpaired) electrons. The van der Waals surface area contributed by atoms with Crippen LogP contribution in [0, 0.1) is 5.92 Å². The summed E-state index contributed by atoms with van der Waals surface area (Å²) in [5.74, 6) is 2.56. The number of amides is 1. The smallest absolute Gasteiger partial charge is 0.223 e. The molecule has 1 unspecified atom stereocenters. The quantitative estimate of drug-likeness (QED) is 0.379. The molecule has 0 saturated heterocycles. The van der Waals surface area contributed by atoms with Gasteiger partial charge < -0.3 is 19.4 Å². The number of aromatic nitrogens is 2. The molecule has 1 aromatic heterocycles. The van der Waals surface area contributed by atoms with Crippen LogP contribution in [0.3, 0.4) is 0 Å². The van der Waals surface area contributed by atoms with Crippen molar-refractivity contribution in [3.63, 3.8) is 0 Å². The number of unbranched alkanes of at least 4 members (excludes halogenated alkanes) is 1. The van der Waals surface area contributed by atoms with Crippen LogP contribution in [0.25, 0.3) is 11.0 Å². The summed E-state index contributed by atoms with van der Waals surface area (Å²) in [6, 6.07) is 15.7. The Labute approximate surface area is 190 Å². The Bertz CT molecular complexity index is 1010. The third-order valence-corrected chi connectivity index (χ3v) is 5.89. The predicted molar refractivity (Wildman–Crippen MR) is 128 cm³/mol. The summed E-state index contributed by atoms with van der Waals surface area (Å²) in [6.07, 6.45) is 3.53. The van der Waals surface area contributed by atoms with Crippen LogP contribution in [-0.4, -0.2) is 29.2 Å². The van der Waals surface area contributed by atoms with Crippen molar-refractivity contribution in [2.75, 3.05) is 13.7 Å². The van der Waals surface area contributed by atoms with Crippen LogP contribution in [0.1, 0.15) is 58.3 Å². The molecule has 1 amide bonds. The van der Waals surface area contributed by atoms with Crippen LogP contribution in [0.4, 0.5) is 0 Å². The van der Waals surface area contributed by atoms with E-state index < -0.39 is 0 Å². The summed E-state index contributed by atoms with van der Waals surface area (Å²) in [4.78, 5) is 17.5. The van der Waals surface area contributed by atoms with Crippen molar-refractivity contribution in [3.8, 4) is 11.5 Å². The van der Waals surface area contributed by atoms with Gasteiger partial charge in [-0.05, 0) is 56.9 Å². The molecule has 1 N–H and O–H groups in total. The molecule has 172 valence electrons. The molecule has 6 nitrogen and oxygen atoms in total. The minimum absolute atomic E-state index is 0.0439. The van der Waals surface area contributed by atoms with Gasteiger partial charge in [-0.15, -0.1) is 0 Å². The van der Waals surface area contributed by atoms with Crippen molar-refractivity contribution in [2.24, 2.45) is 5.92 Å². The lowest BCUT2D eigenvalue weighted by molar-refractivity contribution is -0.125. The highest BCUT2D eigenvalue weighted by Crippen LogP contribution is 2.26. The zero-order valence-corrected chi connectivity index (χ0v) is 19.6. The van der Waals surface area contributed by atoms with Gasteiger partial charge in [0.05, 0.1) is 30.8 Å². The molecule has 0 aliphatic heterocycles. The van der Waals surface area contributed by atoms with Gasteiger partial charge in [0.25, 0.3) is 0 Å². The van der Waals surface area contributed by atoms with Gasteiger partial charge in [0.1, 0.15) is 5.82 Å². The number of ether oxygens (including phenoxy) is 2. The van der Waals surface area contributed by atoms with E-state index in [-0.39, 0.29) is 17.9 Å². The van der Waals surface area contributed by atoms with Crippen LogP contribution in [-0.2, 0) is 11.3 Å². The van der Waals surface area contributed by atoms with Crippen molar-refractivity contribution in [1.29, 1.82) is 0 Å². The van der Waals surface area contributed by atoms with Gasteiger partial charge in [-0.1, -0.05) is 38.1 Å². The lowest BCUT2D eigenvalue weighted by Gasteiger charge is -2.19. The fraction of sp³-hybridized carbons (Fsp3) is 0.462.